The number of nitrogens with zero attached hydrogens (tertiary/aromatic N) is 3. The predicted octanol–water partition coefficient (Wildman–Crippen LogP) is 2.47. The maximum Gasteiger partial charge on any atom is 0.352 e. The lowest BCUT2D eigenvalue weighted by molar-refractivity contribution is 0.287. The molecule has 2 heterocycles. The van der Waals surface area contributed by atoms with E-state index >= 15 is 0 Å². The zero-order chi connectivity index (χ0) is 17.4. The highest BCUT2D eigenvalue weighted by molar-refractivity contribution is 5.43. The van der Waals surface area contributed by atoms with Crippen molar-refractivity contribution in [3.05, 3.63) is 51.7 Å². The Bertz CT molecular complexity index is 815. The summed E-state index contributed by atoms with van der Waals surface area (Å²) >= 11 is 0. The van der Waals surface area contributed by atoms with Gasteiger partial charge in [-0.2, -0.15) is 4.98 Å². The van der Waals surface area contributed by atoms with Crippen molar-refractivity contribution >= 4 is 5.82 Å². The van der Waals surface area contributed by atoms with E-state index in [9.17, 15) is 18.0 Å². The van der Waals surface area contributed by atoms with Crippen LogP contribution < -0.4 is 15.3 Å². The van der Waals surface area contributed by atoms with Crippen molar-refractivity contribution in [1.82, 2.24) is 9.55 Å². The Morgan fingerprint density at radius 1 is 1.25 bits per heavy atom. The summed E-state index contributed by atoms with van der Waals surface area (Å²) in [7, 11) is 1.86. The Labute approximate surface area is 136 Å². The van der Waals surface area contributed by atoms with E-state index < -0.39 is 23.1 Å². The molecular formula is C16H16F3N3O2. The summed E-state index contributed by atoms with van der Waals surface area (Å²) in [6, 6.07) is 3.56. The molecule has 5 nitrogen and oxygen atoms in total. The number of hydrogen-bond acceptors (Lipinski definition) is 4. The molecule has 3 rings (SSSR count). The first-order valence-corrected chi connectivity index (χ1v) is 7.47. The number of benzene rings is 1. The van der Waals surface area contributed by atoms with Crippen LogP contribution in [0.15, 0.2) is 23.0 Å². The molecule has 2 aromatic rings. The smallest absolute Gasteiger partial charge is 0.352 e. The molecule has 0 bridgehead atoms. The second kappa shape index (κ2) is 6.18. The molecule has 1 aliphatic rings. The third-order valence-corrected chi connectivity index (χ3v) is 4.19. The minimum absolute atomic E-state index is 0.0531. The van der Waals surface area contributed by atoms with Gasteiger partial charge in [-0.25, -0.2) is 18.0 Å². The molecule has 1 aromatic heterocycles. The summed E-state index contributed by atoms with van der Waals surface area (Å²) < 4.78 is 46.3. The van der Waals surface area contributed by atoms with Gasteiger partial charge >= 0.3 is 5.69 Å². The Balaban J connectivity index is 1.84. The zero-order valence-corrected chi connectivity index (χ0v) is 13.2. The molecule has 0 saturated carbocycles. The first kappa shape index (κ1) is 16.4. The van der Waals surface area contributed by atoms with E-state index in [0.29, 0.717) is 12.4 Å². The van der Waals surface area contributed by atoms with Crippen LogP contribution in [0.5, 0.6) is 5.88 Å². The summed E-state index contributed by atoms with van der Waals surface area (Å²) in [5.41, 5.74) is -0.342. The van der Waals surface area contributed by atoms with Gasteiger partial charge in [-0.15, -0.1) is 0 Å². The molecule has 1 unspecified atom stereocenters. The van der Waals surface area contributed by atoms with Gasteiger partial charge in [-0.1, -0.05) is 0 Å². The number of anilines is 1. The van der Waals surface area contributed by atoms with Gasteiger partial charge in [-0.05, 0) is 31.0 Å². The first-order chi connectivity index (χ1) is 11.4. The third-order valence-electron chi connectivity index (χ3n) is 4.19. The van der Waals surface area contributed by atoms with Gasteiger partial charge in [0, 0.05) is 25.7 Å². The highest BCUT2D eigenvalue weighted by Gasteiger charge is 2.22. The van der Waals surface area contributed by atoms with Crippen molar-refractivity contribution in [3.63, 3.8) is 0 Å². The maximum atomic E-state index is 13.2. The fraction of sp³-hybridized carbons (Fsp3) is 0.375. The van der Waals surface area contributed by atoms with Crippen molar-refractivity contribution in [2.45, 2.75) is 32.5 Å². The van der Waals surface area contributed by atoms with Crippen LogP contribution >= 0.6 is 0 Å². The average molecular weight is 339 g/mol. The van der Waals surface area contributed by atoms with E-state index in [1.165, 1.54) is 0 Å². The number of hydrogen-bond donors (Lipinski definition) is 0. The molecule has 24 heavy (non-hydrogen) atoms. The summed E-state index contributed by atoms with van der Waals surface area (Å²) in [6.07, 6.45) is 0.833. The van der Waals surface area contributed by atoms with Gasteiger partial charge in [0.15, 0.2) is 17.5 Å². The molecule has 1 aromatic carbocycles. The van der Waals surface area contributed by atoms with Crippen LogP contribution in [0.4, 0.5) is 19.0 Å². The average Bonchev–Trinajstić information content (AvgIpc) is 2.54. The lowest BCUT2D eigenvalue weighted by Crippen LogP contribution is -2.41. The van der Waals surface area contributed by atoms with E-state index in [4.69, 9.17) is 4.74 Å². The van der Waals surface area contributed by atoms with Crippen LogP contribution in [0.2, 0.25) is 0 Å². The molecule has 0 amide bonds. The zero-order valence-electron chi connectivity index (χ0n) is 13.2. The van der Waals surface area contributed by atoms with Gasteiger partial charge in [0.05, 0.1) is 0 Å². The SMILES string of the molecule is CC1CCn2c(cc(OCc3cc(F)c(F)c(F)c3)nc2=O)N1C. The summed E-state index contributed by atoms with van der Waals surface area (Å²) in [5.74, 6) is -3.39. The molecule has 0 spiro atoms. The van der Waals surface area contributed by atoms with Gasteiger partial charge < -0.3 is 9.64 Å². The second-order valence-corrected chi connectivity index (χ2v) is 5.80. The normalized spacial score (nSPS) is 16.9. The summed E-state index contributed by atoms with van der Waals surface area (Å²) in [4.78, 5) is 17.8. The number of aromatic nitrogens is 2. The van der Waals surface area contributed by atoms with Crippen LogP contribution in [0.3, 0.4) is 0 Å². The van der Waals surface area contributed by atoms with E-state index in [0.717, 1.165) is 18.6 Å². The van der Waals surface area contributed by atoms with Crippen LogP contribution in [-0.4, -0.2) is 22.6 Å². The monoisotopic (exact) mass is 339 g/mol. The molecule has 128 valence electrons. The van der Waals surface area contributed by atoms with E-state index in [1.54, 1.807) is 10.6 Å². The minimum Gasteiger partial charge on any atom is -0.473 e. The summed E-state index contributed by atoms with van der Waals surface area (Å²) in [6.45, 7) is 2.38. The lowest BCUT2D eigenvalue weighted by Gasteiger charge is -2.34. The molecule has 0 radical (unpaired) electrons. The van der Waals surface area contributed by atoms with Crippen molar-refractivity contribution in [3.8, 4) is 5.88 Å². The Morgan fingerprint density at radius 2 is 1.92 bits per heavy atom. The predicted molar refractivity (Wildman–Crippen MR) is 81.6 cm³/mol. The number of ether oxygens (including phenoxy) is 1. The molecule has 0 N–H and O–H groups in total. The standard InChI is InChI=1S/C16H16F3N3O2/c1-9-3-4-22-14(21(9)2)7-13(20-16(22)23)24-8-10-5-11(17)15(19)12(18)6-10/h5-7,9H,3-4,8H2,1-2H3. The van der Waals surface area contributed by atoms with E-state index in [-0.39, 0.29) is 24.1 Å². The fourth-order valence-electron chi connectivity index (χ4n) is 2.63. The van der Waals surface area contributed by atoms with Crippen LogP contribution in [-0.2, 0) is 13.2 Å². The summed E-state index contributed by atoms with van der Waals surface area (Å²) in [5, 5.41) is 0. The molecule has 1 aliphatic heterocycles. The van der Waals surface area contributed by atoms with Crippen LogP contribution in [0.25, 0.3) is 0 Å². The van der Waals surface area contributed by atoms with Crippen molar-refractivity contribution in [2.24, 2.45) is 0 Å². The Kier molecular flexibility index (Phi) is 4.21. The second-order valence-electron chi connectivity index (χ2n) is 5.80. The Morgan fingerprint density at radius 3 is 2.58 bits per heavy atom. The van der Waals surface area contributed by atoms with Crippen molar-refractivity contribution < 1.29 is 17.9 Å². The third kappa shape index (κ3) is 2.95. The van der Waals surface area contributed by atoms with Crippen LogP contribution in [0.1, 0.15) is 18.9 Å². The number of rotatable bonds is 3. The lowest BCUT2D eigenvalue weighted by atomic mass is 10.1. The van der Waals surface area contributed by atoms with Gasteiger partial charge in [-0.3, -0.25) is 4.57 Å². The van der Waals surface area contributed by atoms with Gasteiger partial charge in [0.1, 0.15) is 12.4 Å². The molecule has 0 fully saturated rings. The van der Waals surface area contributed by atoms with E-state index in [1.807, 2.05) is 18.9 Å². The molecule has 8 heteroatoms. The minimum atomic E-state index is -1.53. The number of halogens is 3. The molecule has 0 saturated heterocycles. The highest BCUT2D eigenvalue weighted by atomic mass is 19.2. The topological polar surface area (TPSA) is 47.4 Å². The molecule has 0 aliphatic carbocycles. The fourth-order valence-corrected chi connectivity index (χ4v) is 2.63. The maximum absolute atomic E-state index is 13.2. The Hall–Kier alpha value is -2.51. The van der Waals surface area contributed by atoms with Gasteiger partial charge in [0.2, 0.25) is 5.88 Å². The molecule has 1 atom stereocenters. The first-order valence-electron chi connectivity index (χ1n) is 7.47. The number of fused-ring (bicyclic) bond motifs is 1. The largest absolute Gasteiger partial charge is 0.473 e. The van der Waals surface area contributed by atoms with Crippen LogP contribution in [0, 0.1) is 17.5 Å². The van der Waals surface area contributed by atoms with Crippen molar-refractivity contribution in [1.29, 1.82) is 0 Å². The van der Waals surface area contributed by atoms with Gasteiger partial charge in [0.25, 0.3) is 0 Å². The quantitative estimate of drug-likeness (QED) is 0.806. The van der Waals surface area contributed by atoms with E-state index in [2.05, 4.69) is 4.98 Å². The highest BCUT2D eigenvalue weighted by Crippen LogP contribution is 2.24. The molecular weight excluding hydrogens is 323 g/mol. The van der Waals surface area contributed by atoms with Crippen molar-refractivity contribution in [2.75, 3.05) is 11.9 Å².